The van der Waals surface area contributed by atoms with Gasteiger partial charge in [-0.25, -0.2) is 4.98 Å². The molecule has 0 aliphatic carbocycles. The van der Waals surface area contributed by atoms with E-state index in [2.05, 4.69) is 20.6 Å². The van der Waals surface area contributed by atoms with Crippen molar-refractivity contribution >= 4 is 45.6 Å². The standard InChI is InChI=1S/C18H17ClN4O3/c1-10(24)20-11-5-4-6-12(7-11)21-17-13-8-15(25-2)16(26-3)9-14(13)22-18(19)23-17/h4-9H,1-3H3,(H,20,24)(H,21,22,23). The molecule has 0 bridgehead atoms. The molecule has 0 fully saturated rings. The van der Waals surface area contributed by atoms with Gasteiger partial charge >= 0.3 is 0 Å². The van der Waals surface area contributed by atoms with Gasteiger partial charge in [-0.05, 0) is 35.9 Å². The van der Waals surface area contributed by atoms with E-state index < -0.39 is 0 Å². The molecular formula is C18H17ClN4O3. The van der Waals surface area contributed by atoms with E-state index in [1.54, 1.807) is 38.5 Å². The molecule has 1 heterocycles. The van der Waals surface area contributed by atoms with E-state index in [9.17, 15) is 4.79 Å². The zero-order chi connectivity index (χ0) is 18.7. The number of nitrogens with zero attached hydrogens (tertiary/aromatic N) is 2. The van der Waals surface area contributed by atoms with Crippen LogP contribution >= 0.6 is 11.6 Å². The second-order valence-corrected chi connectivity index (χ2v) is 5.79. The van der Waals surface area contributed by atoms with E-state index in [0.29, 0.717) is 28.5 Å². The summed E-state index contributed by atoms with van der Waals surface area (Å²) in [7, 11) is 3.11. The highest BCUT2D eigenvalue weighted by atomic mass is 35.5. The van der Waals surface area contributed by atoms with Crippen molar-refractivity contribution in [2.45, 2.75) is 6.92 Å². The summed E-state index contributed by atoms with van der Waals surface area (Å²) in [5.41, 5.74) is 2.02. The zero-order valence-corrected chi connectivity index (χ0v) is 15.2. The summed E-state index contributed by atoms with van der Waals surface area (Å²) in [4.78, 5) is 19.8. The summed E-state index contributed by atoms with van der Waals surface area (Å²) in [6.07, 6.45) is 0. The Morgan fingerprint density at radius 1 is 1.04 bits per heavy atom. The number of carbonyl (C=O) groups excluding carboxylic acids is 1. The smallest absolute Gasteiger partial charge is 0.224 e. The van der Waals surface area contributed by atoms with Gasteiger partial charge in [0.15, 0.2) is 11.5 Å². The van der Waals surface area contributed by atoms with Crippen molar-refractivity contribution in [1.29, 1.82) is 0 Å². The average molecular weight is 373 g/mol. The normalized spacial score (nSPS) is 10.5. The van der Waals surface area contributed by atoms with Gasteiger partial charge in [-0.3, -0.25) is 4.79 Å². The van der Waals surface area contributed by atoms with Gasteiger partial charge in [0, 0.05) is 29.8 Å². The van der Waals surface area contributed by atoms with Gasteiger partial charge in [0.1, 0.15) is 5.82 Å². The molecule has 0 spiro atoms. The molecule has 7 nitrogen and oxygen atoms in total. The fraction of sp³-hybridized carbons (Fsp3) is 0.167. The third-order valence-corrected chi connectivity index (χ3v) is 3.79. The van der Waals surface area contributed by atoms with Gasteiger partial charge in [-0.2, -0.15) is 4.98 Å². The number of hydrogen-bond acceptors (Lipinski definition) is 6. The lowest BCUT2D eigenvalue weighted by atomic mass is 10.2. The number of halogens is 1. The summed E-state index contributed by atoms with van der Waals surface area (Å²) in [6, 6.07) is 10.8. The van der Waals surface area contributed by atoms with Crippen LogP contribution in [0.4, 0.5) is 17.2 Å². The Kier molecular flexibility index (Phi) is 5.09. The van der Waals surface area contributed by atoms with Gasteiger partial charge in [0.2, 0.25) is 11.2 Å². The molecule has 0 unspecified atom stereocenters. The lowest BCUT2D eigenvalue weighted by molar-refractivity contribution is -0.114. The van der Waals surface area contributed by atoms with Crippen molar-refractivity contribution in [2.75, 3.05) is 24.9 Å². The number of benzene rings is 2. The van der Waals surface area contributed by atoms with Gasteiger partial charge in [-0.1, -0.05) is 6.07 Å². The maximum absolute atomic E-state index is 11.2. The Morgan fingerprint density at radius 3 is 2.42 bits per heavy atom. The van der Waals surface area contributed by atoms with Crippen molar-refractivity contribution in [3.8, 4) is 11.5 Å². The topological polar surface area (TPSA) is 85.4 Å². The predicted octanol–water partition coefficient (Wildman–Crippen LogP) is 4.00. The second kappa shape index (κ2) is 7.45. The van der Waals surface area contributed by atoms with E-state index >= 15 is 0 Å². The third-order valence-electron chi connectivity index (χ3n) is 3.62. The molecule has 3 aromatic rings. The van der Waals surface area contributed by atoms with E-state index in [-0.39, 0.29) is 11.2 Å². The molecule has 26 heavy (non-hydrogen) atoms. The highest BCUT2D eigenvalue weighted by molar-refractivity contribution is 6.28. The number of anilines is 3. The minimum Gasteiger partial charge on any atom is -0.493 e. The van der Waals surface area contributed by atoms with Crippen LogP contribution in [-0.4, -0.2) is 30.1 Å². The molecule has 1 aromatic heterocycles. The van der Waals surface area contributed by atoms with Gasteiger partial charge in [0.05, 0.1) is 19.7 Å². The molecular weight excluding hydrogens is 356 g/mol. The predicted molar refractivity (Wildman–Crippen MR) is 102 cm³/mol. The van der Waals surface area contributed by atoms with Crippen LogP contribution in [0.1, 0.15) is 6.92 Å². The van der Waals surface area contributed by atoms with Crippen LogP contribution in [0.3, 0.4) is 0 Å². The van der Waals surface area contributed by atoms with Gasteiger partial charge < -0.3 is 20.1 Å². The number of rotatable bonds is 5. The molecule has 0 aliphatic rings. The van der Waals surface area contributed by atoms with Crippen LogP contribution < -0.4 is 20.1 Å². The number of hydrogen-bond donors (Lipinski definition) is 2. The summed E-state index contributed by atoms with van der Waals surface area (Å²) in [5.74, 6) is 1.48. The second-order valence-electron chi connectivity index (χ2n) is 5.45. The molecule has 0 aliphatic heterocycles. The van der Waals surface area contributed by atoms with Gasteiger partial charge in [-0.15, -0.1) is 0 Å². The van der Waals surface area contributed by atoms with E-state index in [1.807, 2.05) is 12.1 Å². The fourth-order valence-corrected chi connectivity index (χ4v) is 2.71. The SMILES string of the molecule is COc1cc2nc(Cl)nc(Nc3cccc(NC(C)=O)c3)c2cc1OC. The number of carbonyl (C=O) groups is 1. The molecule has 1 amide bonds. The Balaban J connectivity index is 2.05. The van der Waals surface area contributed by atoms with Gasteiger partial charge in [0.25, 0.3) is 0 Å². The minimum atomic E-state index is -0.144. The first kappa shape index (κ1) is 17.8. The zero-order valence-electron chi connectivity index (χ0n) is 14.5. The van der Waals surface area contributed by atoms with Crippen LogP contribution in [0, 0.1) is 0 Å². The Labute approximate surface area is 155 Å². The fourth-order valence-electron chi connectivity index (χ4n) is 2.54. The van der Waals surface area contributed by atoms with Crippen LogP contribution in [0.15, 0.2) is 36.4 Å². The van der Waals surface area contributed by atoms with Crippen LogP contribution in [-0.2, 0) is 4.79 Å². The number of fused-ring (bicyclic) bond motifs is 1. The Morgan fingerprint density at radius 2 is 1.73 bits per heavy atom. The van der Waals surface area contributed by atoms with E-state index in [1.165, 1.54) is 6.92 Å². The van der Waals surface area contributed by atoms with Crippen molar-refractivity contribution in [3.63, 3.8) is 0 Å². The molecule has 2 N–H and O–H groups in total. The minimum absolute atomic E-state index is 0.102. The van der Waals surface area contributed by atoms with Crippen LogP contribution in [0.5, 0.6) is 11.5 Å². The average Bonchev–Trinajstić information content (AvgIpc) is 2.60. The largest absolute Gasteiger partial charge is 0.493 e. The first-order chi connectivity index (χ1) is 12.5. The maximum atomic E-state index is 11.2. The summed E-state index contributed by atoms with van der Waals surface area (Å²) >= 11 is 6.07. The van der Waals surface area contributed by atoms with Crippen molar-refractivity contribution < 1.29 is 14.3 Å². The Hall–Kier alpha value is -3.06. The lowest BCUT2D eigenvalue weighted by Crippen LogP contribution is -2.06. The first-order valence-corrected chi connectivity index (χ1v) is 8.12. The number of ether oxygens (including phenoxy) is 2. The molecule has 2 aromatic carbocycles. The van der Waals surface area contributed by atoms with E-state index in [4.69, 9.17) is 21.1 Å². The highest BCUT2D eigenvalue weighted by Gasteiger charge is 2.13. The first-order valence-electron chi connectivity index (χ1n) is 7.74. The quantitative estimate of drug-likeness (QED) is 0.658. The number of nitrogens with one attached hydrogen (secondary N) is 2. The third kappa shape index (κ3) is 3.78. The molecule has 134 valence electrons. The summed E-state index contributed by atoms with van der Waals surface area (Å²) in [6.45, 7) is 1.46. The number of methoxy groups -OCH3 is 2. The van der Waals surface area contributed by atoms with Crippen LogP contribution in [0.25, 0.3) is 10.9 Å². The number of aromatic nitrogens is 2. The molecule has 0 saturated heterocycles. The van der Waals surface area contributed by atoms with Crippen molar-refractivity contribution in [1.82, 2.24) is 9.97 Å². The molecule has 0 radical (unpaired) electrons. The molecule has 0 atom stereocenters. The number of amides is 1. The summed E-state index contributed by atoms with van der Waals surface area (Å²) < 4.78 is 10.7. The maximum Gasteiger partial charge on any atom is 0.224 e. The van der Waals surface area contributed by atoms with Crippen molar-refractivity contribution in [3.05, 3.63) is 41.7 Å². The molecule has 8 heteroatoms. The van der Waals surface area contributed by atoms with Crippen LogP contribution in [0.2, 0.25) is 5.28 Å². The lowest BCUT2D eigenvalue weighted by Gasteiger charge is -2.13. The van der Waals surface area contributed by atoms with Crippen molar-refractivity contribution in [2.24, 2.45) is 0 Å². The van der Waals surface area contributed by atoms with E-state index in [0.717, 1.165) is 11.1 Å². The molecule has 0 saturated carbocycles. The monoisotopic (exact) mass is 372 g/mol. The summed E-state index contributed by atoms with van der Waals surface area (Å²) in [5, 5.41) is 6.77. The molecule has 3 rings (SSSR count). The Bertz CT molecular complexity index is 978. The highest BCUT2D eigenvalue weighted by Crippen LogP contribution is 2.35.